The van der Waals surface area contributed by atoms with Crippen molar-refractivity contribution in [1.82, 2.24) is 5.32 Å². The number of hydrogen-bond acceptors (Lipinski definition) is 3. The van der Waals surface area contributed by atoms with Crippen molar-refractivity contribution in [3.05, 3.63) is 35.4 Å². The van der Waals surface area contributed by atoms with Gasteiger partial charge in [0.2, 0.25) is 0 Å². The van der Waals surface area contributed by atoms with E-state index in [9.17, 15) is 0 Å². The van der Waals surface area contributed by atoms with Crippen LogP contribution in [0.4, 0.5) is 0 Å². The smallest absolute Gasteiger partial charge is 0.0719 e. The highest BCUT2D eigenvalue weighted by Crippen LogP contribution is 2.09. The fourth-order valence-electron chi connectivity index (χ4n) is 1.77. The Labute approximate surface area is 117 Å². The molecule has 0 spiro atoms. The molecule has 0 fully saturated rings. The van der Waals surface area contributed by atoms with Crippen LogP contribution >= 0.6 is 0 Å². The summed E-state index contributed by atoms with van der Waals surface area (Å²) in [6, 6.07) is 8.41. The molecule has 1 aromatic carbocycles. The maximum Gasteiger partial charge on any atom is 0.0719 e. The van der Waals surface area contributed by atoms with Crippen LogP contribution in [0.2, 0.25) is 0 Å². The largest absolute Gasteiger partial charge is 0.380 e. The van der Waals surface area contributed by atoms with Gasteiger partial charge in [-0.15, -0.1) is 0 Å². The normalized spacial score (nSPS) is 11.2. The molecular formula is C16H27NO2. The summed E-state index contributed by atoms with van der Waals surface area (Å²) in [6.45, 7) is 11.2. The minimum atomic E-state index is 0.604. The summed E-state index contributed by atoms with van der Waals surface area (Å²) < 4.78 is 11.0. The number of ether oxygens (including phenoxy) is 2. The van der Waals surface area contributed by atoms with Gasteiger partial charge in [0, 0.05) is 26.3 Å². The predicted octanol–water partition coefficient (Wildman–Crippen LogP) is 2.99. The molecular weight excluding hydrogens is 238 g/mol. The Morgan fingerprint density at radius 1 is 1.11 bits per heavy atom. The van der Waals surface area contributed by atoms with Gasteiger partial charge in [-0.1, -0.05) is 38.1 Å². The molecule has 0 atom stereocenters. The van der Waals surface area contributed by atoms with Crippen LogP contribution in [0.5, 0.6) is 0 Å². The van der Waals surface area contributed by atoms with Crippen LogP contribution in [-0.2, 0) is 22.6 Å². The Balaban J connectivity index is 2.24. The van der Waals surface area contributed by atoms with Gasteiger partial charge in [-0.2, -0.15) is 0 Å². The maximum absolute atomic E-state index is 5.54. The molecule has 0 aliphatic carbocycles. The second kappa shape index (κ2) is 9.96. The summed E-state index contributed by atoms with van der Waals surface area (Å²) in [5, 5.41) is 3.41. The van der Waals surface area contributed by atoms with E-state index in [4.69, 9.17) is 9.47 Å². The average Bonchev–Trinajstić information content (AvgIpc) is 2.41. The van der Waals surface area contributed by atoms with Crippen molar-refractivity contribution < 1.29 is 9.47 Å². The number of hydrogen-bond donors (Lipinski definition) is 1. The minimum absolute atomic E-state index is 0.604. The van der Waals surface area contributed by atoms with E-state index in [1.165, 1.54) is 11.1 Å². The van der Waals surface area contributed by atoms with Crippen LogP contribution in [0.15, 0.2) is 24.3 Å². The maximum atomic E-state index is 5.54. The van der Waals surface area contributed by atoms with Crippen molar-refractivity contribution in [3.63, 3.8) is 0 Å². The zero-order valence-corrected chi connectivity index (χ0v) is 12.4. The lowest BCUT2D eigenvalue weighted by molar-refractivity contribution is 0.111. The molecule has 1 rings (SSSR count). The third-order valence-electron chi connectivity index (χ3n) is 2.77. The Bertz CT molecular complexity index is 339. The highest BCUT2D eigenvalue weighted by molar-refractivity contribution is 5.26. The van der Waals surface area contributed by atoms with Crippen molar-refractivity contribution in [1.29, 1.82) is 0 Å². The first kappa shape index (κ1) is 16.2. The number of rotatable bonds is 10. The summed E-state index contributed by atoms with van der Waals surface area (Å²) in [5.41, 5.74) is 2.57. The van der Waals surface area contributed by atoms with Gasteiger partial charge in [0.15, 0.2) is 0 Å². The number of benzene rings is 1. The first-order valence-corrected chi connectivity index (χ1v) is 7.17. The summed E-state index contributed by atoms with van der Waals surface area (Å²) in [4.78, 5) is 0. The summed E-state index contributed by atoms with van der Waals surface area (Å²) in [5.74, 6) is 0.604. The summed E-state index contributed by atoms with van der Waals surface area (Å²) in [7, 11) is 0. The van der Waals surface area contributed by atoms with Gasteiger partial charge >= 0.3 is 0 Å². The highest BCUT2D eigenvalue weighted by Gasteiger charge is 2.01. The Morgan fingerprint density at radius 2 is 1.84 bits per heavy atom. The minimum Gasteiger partial charge on any atom is -0.380 e. The molecule has 19 heavy (non-hydrogen) atoms. The molecule has 1 N–H and O–H groups in total. The average molecular weight is 265 g/mol. The fourth-order valence-corrected chi connectivity index (χ4v) is 1.77. The molecule has 0 aliphatic heterocycles. The first-order chi connectivity index (χ1) is 9.24. The molecule has 0 bridgehead atoms. The van der Waals surface area contributed by atoms with Crippen LogP contribution in [0.1, 0.15) is 31.9 Å². The zero-order chi connectivity index (χ0) is 13.9. The standard InChI is InChI=1S/C16H27NO2/c1-4-18-13-16-8-6-5-7-15(16)11-17-9-10-19-12-14(2)3/h5-8,14,17H,4,9-13H2,1-3H3. The monoisotopic (exact) mass is 265 g/mol. The lowest BCUT2D eigenvalue weighted by Crippen LogP contribution is -2.21. The summed E-state index contributed by atoms with van der Waals surface area (Å²) in [6.07, 6.45) is 0. The van der Waals surface area contributed by atoms with Gasteiger partial charge in [-0.05, 0) is 24.0 Å². The second-order valence-electron chi connectivity index (χ2n) is 5.05. The van der Waals surface area contributed by atoms with E-state index in [1.807, 2.05) is 6.92 Å². The highest BCUT2D eigenvalue weighted by atomic mass is 16.5. The molecule has 108 valence electrons. The Kier molecular flexibility index (Phi) is 8.47. The van der Waals surface area contributed by atoms with Crippen molar-refractivity contribution in [2.75, 3.05) is 26.4 Å². The van der Waals surface area contributed by atoms with Crippen LogP contribution in [0.25, 0.3) is 0 Å². The molecule has 0 saturated carbocycles. The molecule has 0 saturated heterocycles. The van der Waals surface area contributed by atoms with Gasteiger partial charge in [0.05, 0.1) is 13.2 Å². The van der Waals surface area contributed by atoms with Crippen molar-refractivity contribution >= 4 is 0 Å². The molecule has 0 radical (unpaired) electrons. The molecule has 1 aromatic rings. The molecule has 3 heteroatoms. The third-order valence-corrected chi connectivity index (χ3v) is 2.77. The van der Waals surface area contributed by atoms with E-state index < -0.39 is 0 Å². The van der Waals surface area contributed by atoms with E-state index in [0.717, 1.165) is 32.9 Å². The van der Waals surface area contributed by atoms with Gasteiger partial charge in [0.25, 0.3) is 0 Å². The quantitative estimate of drug-likeness (QED) is 0.660. The number of nitrogens with one attached hydrogen (secondary N) is 1. The zero-order valence-electron chi connectivity index (χ0n) is 12.4. The van der Waals surface area contributed by atoms with Crippen LogP contribution in [-0.4, -0.2) is 26.4 Å². The Hall–Kier alpha value is -0.900. The SMILES string of the molecule is CCOCc1ccccc1CNCCOCC(C)C. The molecule has 0 amide bonds. The topological polar surface area (TPSA) is 30.5 Å². The van der Waals surface area contributed by atoms with Gasteiger partial charge in [-0.25, -0.2) is 0 Å². The van der Waals surface area contributed by atoms with Crippen LogP contribution in [0.3, 0.4) is 0 Å². The van der Waals surface area contributed by atoms with Crippen molar-refractivity contribution in [2.45, 2.75) is 33.9 Å². The predicted molar refractivity (Wildman–Crippen MR) is 79.1 cm³/mol. The molecule has 0 heterocycles. The van der Waals surface area contributed by atoms with Crippen LogP contribution < -0.4 is 5.32 Å². The lowest BCUT2D eigenvalue weighted by Gasteiger charge is -2.11. The van der Waals surface area contributed by atoms with Crippen molar-refractivity contribution in [2.24, 2.45) is 5.92 Å². The van der Waals surface area contributed by atoms with E-state index in [1.54, 1.807) is 0 Å². The van der Waals surface area contributed by atoms with Gasteiger partial charge in [-0.3, -0.25) is 0 Å². The molecule has 0 unspecified atom stereocenters. The lowest BCUT2D eigenvalue weighted by atomic mass is 10.1. The van der Waals surface area contributed by atoms with Gasteiger partial charge in [0.1, 0.15) is 0 Å². The molecule has 0 aromatic heterocycles. The molecule has 0 aliphatic rings. The Morgan fingerprint density at radius 3 is 2.53 bits per heavy atom. The van der Waals surface area contributed by atoms with Crippen molar-refractivity contribution in [3.8, 4) is 0 Å². The summed E-state index contributed by atoms with van der Waals surface area (Å²) >= 11 is 0. The van der Waals surface area contributed by atoms with E-state index in [0.29, 0.717) is 12.5 Å². The van der Waals surface area contributed by atoms with E-state index in [-0.39, 0.29) is 0 Å². The van der Waals surface area contributed by atoms with Gasteiger partial charge < -0.3 is 14.8 Å². The van der Waals surface area contributed by atoms with Crippen LogP contribution in [0, 0.1) is 5.92 Å². The third kappa shape index (κ3) is 7.31. The molecule has 3 nitrogen and oxygen atoms in total. The first-order valence-electron chi connectivity index (χ1n) is 7.17. The van der Waals surface area contributed by atoms with E-state index in [2.05, 4.69) is 43.4 Å². The van der Waals surface area contributed by atoms with E-state index >= 15 is 0 Å². The fraction of sp³-hybridized carbons (Fsp3) is 0.625. The second-order valence-corrected chi connectivity index (χ2v) is 5.05.